The maximum atomic E-state index is 13.1. The molecule has 0 atom stereocenters. The van der Waals surface area contributed by atoms with Crippen molar-refractivity contribution in [1.82, 2.24) is 13.5 Å². The first-order valence-electron chi connectivity index (χ1n) is 7.93. The Morgan fingerprint density at radius 3 is 2.52 bits per heavy atom. The van der Waals surface area contributed by atoms with Crippen molar-refractivity contribution in [2.45, 2.75) is 18.4 Å². The number of nitrogens with zero attached hydrogens (tertiary/aromatic N) is 3. The summed E-state index contributed by atoms with van der Waals surface area (Å²) in [7, 11) is -3.65. The molecule has 2 aromatic heterocycles. The van der Waals surface area contributed by atoms with Crippen molar-refractivity contribution in [3.05, 3.63) is 84.6 Å². The van der Waals surface area contributed by atoms with Gasteiger partial charge < -0.3 is 4.57 Å². The Morgan fingerprint density at radius 2 is 1.80 bits per heavy atom. The van der Waals surface area contributed by atoms with E-state index in [1.807, 2.05) is 54.1 Å². The van der Waals surface area contributed by atoms with Crippen molar-refractivity contribution >= 4 is 20.9 Å². The molecule has 126 valence electrons. The number of hydrogen-bond acceptors (Lipinski definition) is 3. The molecule has 0 amide bonds. The van der Waals surface area contributed by atoms with Crippen LogP contribution in [-0.4, -0.2) is 21.9 Å². The molecular weight excluding hydrogens is 334 g/mol. The first kappa shape index (κ1) is 15.7. The van der Waals surface area contributed by atoms with Gasteiger partial charge in [-0.2, -0.15) is 0 Å². The first-order chi connectivity index (χ1) is 12.1. The van der Waals surface area contributed by atoms with E-state index < -0.39 is 10.0 Å². The molecule has 0 N–H and O–H groups in total. The van der Waals surface area contributed by atoms with E-state index in [0.717, 1.165) is 16.5 Å². The number of aryl methyl sites for hydroxylation is 1. The summed E-state index contributed by atoms with van der Waals surface area (Å²) in [6, 6.07) is 14.5. The van der Waals surface area contributed by atoms with Crippen molar-refractivity contribution in [2.75, 3.05) is 0 Å². The van der Waals surface area contributed by atoms with Crippen LogP contribution in [0.15, 0.2) is 78.3 Å². The first-order valence-corrected chi connectivity index (χ1v) is 9.37. The van der Waals surface area contributed by atoms with Crippen molar-refractivity contribution < 1.29 is 8.42 Å². The molecule has 5 nitrogen and oxygen atoms in total. The van der Waals surface area contributed by atoms with Gasteiger partial charge in [0.05, 0.1) is 23.3 Å². The SMILES string of the molecule is Cc1ccc(S(=O)(=O)n2cc(Cn3ccnc3)c3ccccc32)cc1. The second kappa shape index (κ2) is 5.89. The number of benzene rings is 2. The number of hydrogen-bond donors (Lipinski definition) is 0. The third-order valence-electron chi connectivity index (χ3n) is 4.25. The summed E-state index contributed by atoms with van der Waals surface area (Å²) in [6.07, 6.45) is 7.00. The quantitative estimate of drug-likeness (QED) is 0.566. The van der Waals surface area contributed by atoms with Crippen LogP contribution in [0.3, 0.4) is 0 Å². The van der Waals surface area contributed by atoms with Gasteiger partial charge in [0.25, 0.3) is 10.0 Å². The van der Waals surface area contributed by atoms with Crippen molar-refractivity contribution in [2.24, 2.45) is 0 Å². The number of fused-ring (bicyclic) bond motifs is 1. The zero-order valence-corrected chi connectivity index (χ0v) is 14.5. The molecule has 0 spiro atoms. The van der Waals surface area contributed by atoms with Crippen molar-refractivity contribution in [3.8, 4) is 0 Å². The van der Waals surface area contributed by atoms with E-state index in [1.54, 1.807) is 30.9 Å². The van der Waals surface area contributed by atoms with Gasteiger partial charge in [0, 0.05) is 24.0 Å². The Kier molecular flexibility index (Phi) is 3.69. The van der Waals surface area contributed by atoms with Crippen molar-refractivity contribution in [1.29, 1.82) is 0 Å². The second-order valence-electron chi connectivity index (χ2n) is 6.02. The molecule has 0 aliphatic heterocycles. The molecule has 0 bridgehead atoms. The maximum absolute atomic E-state index is 13.1. The van der Waals surface area contributed by atoms with E-state index in [0.29, 0.717) is 12.1 Å². The molecule has 0 saturated heterocycles. The van der Waals surface area contributed by atoms with E-state index in [1.165, 1.54) is 3.97 Å². The molecule has 0 radical (unpaired) electrons. The van der Waals surface area contributed by atoms with E-state index in [4.69, 9.17) is 0 Å². The summed E-state index contributed by atoms with van der Waals surface area (Å²) < 4.78 is 29.5. The van der Waals surface area contributed by atoms with Gasteiger partial charge in [0.15, 0.2) is 0 Å². The molecule has 25 heavy (non-hydrogen) atoms. The molecule has 0 saturated carbocycles. The zero-order valence-electron chi connectivity index (χ0n) is 13.7. The minimum atomic E-state index is -3.65. The van der Waals surface area contributed by atoms with Gasteiger partial charge in [-0.15, -0.1) is 0 Å². The normalized spacial score (nSPS) is 11.9. The van der Waals surface area contributed by atoms with Crippen LogP contribution in [0.5, 0.6) is 0 Å². The highest BCUT2D eigenvalue weighted by atomic mass is 32.2. The summed E-state index contributed by atoms with van der Waals surface area (Å²) in [6.45, 7) is 2.50. The molecule has 0 aliphatic rings. The van der Waals surface area contributed by atoms with E-state index in [-0.39, 0.29) is 4.90 Å². The monoisotopic (exact) mass is 351 g/mol. The Hall–Kier alpha value is -2.86. The lowest BCUT2D eigenvalue weighted by atomic mass is 10.2. The number of para-hydroxylation sites is 1. The van der Waals surface area contributed by atoms with Crippen molar-refractivity contribution in [3.63, 3.8) is 0 Å². The predicted molar refractivity (Wildman–Crippen MR) is 97.0 cm³/mol. The molecule has 2 aromatic carbocycles. The van der Waals surface area contributed by atoms with Gasteiger partial charge in [-0.05, 0) is 30.7 Å². The van der Waals surface area contributed by atoms with E-state index >= 15 is 0 Å². The Bertz CT molecular complexity index is 1130. The summed E-state index contributed by atoms with van der Waals surface area (Å²) in [5, 5.41) is 0.923. The smallest absolute Gasteiger partial charge is 0.268 e. The van der Waals surface area contributed by atoms with Gasteiger partial charge in [0.1, 0.15) is 0 Å². The Balaban J connectivity index is 1.88. The number of aromatic nitrogens is 3. The van der Waals surface area contributed by atoms with Crippen LogP contribution >= 0.6 is 0 Å². The van der Waals surface area contributed by atoms with Gasteiger partial charge >= 0.3 is 0 Å². The molecule has 2 heterocycles. The average molecular weight is 351 g/mol. The average Bonchev–Trinajstić information content (AvgIpc) is 3.24. The van der Waals surface area contributed by atoms with Crippen LogP contribution in [0.2, 0.25) is 0 Å². The highest BCUT2D eigenvalue weighted by Gasteiger charge is 2.21. The largest absolute Gasteiger partial charge is 0.333 e. The Morgan fingerprint density at radius 1 is 1.04 bits per heavy atom. The van der Waals surface area contributed by atoms with Gasteiger partial charge in [-0.25, -0.2) is 17.4 Å². The van der Waals surface area contributed by atoms with Crippen LogP contribution in [0.4, 0.5) is 0 Å². The second-order valence-corrected chi connectivity index (χ2v) is 7.84. The summed E-state index contributed by atoms with van der Waals surface area (Å²) in [4.78, 5) is 4.33. The molecule has 6 heteroatoms. The van der Waals surface area contributed by atoms with E-state index in [2.05, 4.69) is 4.98 Å². The summed E-state index contributed by atoms with van der Waals surface area (Å²) in [5.74, 6) is 0. The lowest BCUT2D eigenvalue weighted by Gasteiger charge is -2.07. The lowest BCUT2D eigenvalue weighted by molar-refractivity contribution is 0.589. The fourth-order valence-corrected chi connectivity index (χ4v) is 4.33. The topological polar surface area (TPSA) is 56.9 Å². The molecule has 4 rings (SSSR count). The third-order valence-corrected chi connectivity index (χ3v) is 5.94. The number of rotatable bonds is 4. The highest BCUT2D eigenvalue weighted by Crippen LogP contribution is 2.26. The zero-order chi connectivity index (χ0) is 17.4. The van der Waals surface area contributed by atoms with Crippen LogP contribution in [-0.2, 0) is 16.6 Å². The third kappa shape index (κ3) is 2.74. The molecule has 0 aliphatic carbocycles. The predicted octanol–water partition coefficient (Wildman–Crippen LogP) is 3.43. The van der Waals surface area contributed by atoms with Gasteiger partial charge in [-0.1, -0.05) is 35.9 Å². The fourth-order valence-electron chi connectivity index (χ4n) is 2.94. The molecule has 0 unspecified atom stereocenters. The highest BCUT2D eigenvalue weighted by molar-refractivity contribution is 7.90. The fraction of sp³-hybridized carbons (Fsp3) is 0.105. The van der Waals surface area contributed by atoms with Gasteiger partial charge in [-0.3, -0.25) is 0 Å². The summed E-state index contributed by atoms with van der Waals surface area (Å²) >= 11 is 0. The standard InChI is InChI=1S/C19H17N3O2S/c1-15-6-8-17(9-7-15)25(23,24)22-13-16(12-21-11-10-20-14-21)18-4-2-3-5-19(18)22/h2-11,13-14H,12H2,1H3. The molecule has 0 fully saturated rings. The molecule has 4 aromatic rings. The van der Waals surface area contributed by atoms with Crippen LogP contribution in [0.1, 0.15) is 11.1 Å². The lowest BCUT2D eigenvalue weighted by Crippen LogP contribution is -2.11. The maximum Gasteiger partial charge on any atom is 0.268 e. The minimum absolute atomic E-state index is 0.285. The number of imidazole rings is 1. The van der Waals surface area contributed by atoms with Crippen LogP contribution in [0, 0.1) is 6.92 Å². The minimum Gasteiger partial charge on any atom is -0.333 e. The molecular formula is C19H17N3O2S. The summed E-state index contributed by atoms with van der Waals surface area (Å²) in [5.41, 5.74) is 2.64. The Labute approximate surface area is 146 Å². The van der Waals surface area contributed by atoms with Crippen LogP contribution < -0.4 is 0 Å². The van der Waals surface area contributed by atoms with Crippen LogP contribution in [0.25, 0.3) is 10.9 Å². The van der Waals surface area contributed by atoms with E-state index in [9.17, 15) is 8.42 Å². The van der Waals surface area contributed by atoms with Gasteiger partial charge in [0.2, 0.25) is 0 Å².